The Morgan fingerprint density at radius 2 is 1.88 bits per heavy atom. The topological polar surface area (TPSA) is 66.3 Å². The minimum atomic E-state index is -0.294. The molecule has 0 saturated heterocycles. The van der Waals surface area contributed by atoms with E-state index in [0.717, 1.165) is 50.6 Å². The maximum Gasteiger partial charge on any atom is 0.136 e. The molecule has 1 heterocycles. The summed E-state index contributed by atoms with van der Waals surface area (Å²) in [6, 6.07) is 0.708. The molecule has 5 nitrogen and oxygen atoms in total. The van der Waals surface area contributed by atoms with E-state index in [4.69, 9.17) is 9.97 Å². The van der Waals surface area contributed by atoms with E-state index in [1.807, 2.05) is 0 Å². The highest BCUT2D eigenvalue weighted by Crippen LogP contribution is 2.42. The number of allylic oxidation sites excluding steroid dienone is 1. The third-order valence-electron chi connectivity index (χ3n) is 8.79. The smallest absolute Gasteiger partial charge is 0.136 e. The van der Waals surface area contributed by atoms with Crippen molar-refractivity contribution < 1.29 is 9.90 Å². The standard InChI is InChI=1S/C28H39N3O2/c1-31(2)22-9-4-19(5-10-22)14-26-28-24-13-18(6-12-25(28)29-17-30-26)3-7-20(24)16-27(33)21-8-11-23(32)15-21/h17,19-23,32H,3-12,14-16H2,1-2H3. The number of rotatable bonds is 6. The normalized spacial score (nSPS) is 31.6. The van der Waals surface area contributed by atoms with Crippen molar-refractivity contribution in [3.63, 3.8) is 0 Å². The van der Waals surface area contributed by atoms with Gasteiger partial charge < -0.3 is 10.0 Å². The lowest BCUT2D eigenvalue weighted by atomic mass is 9.77. The largest absolute Gasteiger partial charge is 0.393 e. The van der Waals surface area contributed by atoms with Gasteiger partial charge in [0.1, 0.15) is 12.1 Å². The first-order chi connectivity index (χ1) is 16.0. The molecule has 0 radical (unpaired) electrons. The molecule has 1 N–H and O–H groups in total. The molecule has 4 aliphatic carbocycles. The Bertz CT molecular complexity index is 954. The van der Waals surface area contributed by atoms with Crippen molar-refractivity contribution in [3.8, 4) is 0 Å². The molecule has 2 bridgehead atoms. The first-order valence-corrected chi connectivity index (χ1v) is 13.2. The number of aliphatic hydroxyl groups is 1. The fourth-order valence-electron chi connectivity index (χ4n) is 6.69. The molecule has 5 rings (SSSR count). The Labute approximate surface area is 198 Å². The minimum Gasteiger partial charge on any atom is -0.393 e. The number of nitrogens with zero attached hydrogens (tertiary/aromatic N) is 3. The molecule has 0 spiro atoms. The molecule has 4 aliphatic rings. The van der Waals surface area contributed by atoms with Crippen LogP contribution in [0.4, 0.5) is 0 Å². The Morgan fingerprint density at radius 3 is 2.61 bits per heavy atom. The zero-order valence-corrected chi connectivity index (χ0v) is 20.4. The molecule has 178 valence electrons. The summed E-state index contributed by atoms with van der Waals surface area (Å²) in [5.74, 6) is 1.26. The van der Waals surface area contributed by atoms with E-state index in [2.05, 4.69) is 24.7 Å². The highest BCUT2D eigenvalue weighted by molar-refractivity contribution is 5.85. The Balaban J connectivity index is 1.38. The van der Waals surface area contributed by atoms with Crippen LogP contribution < -0.4 is 0 Å². The number of carbonyl (C=O) groups excluding carboxylic acids is 1. The summed E-state index contributed by atoms with van der Waals surface area (Å²) >= 11 is 0. The number of ketones is 1. The van der Waals surface area contributed by atoms with Gasteiger partial charge in [-0.05, 0) is 109 Å². The van der Waals surface area contributed by atoms with Crippen LogP contribution in [0.1, 0.15) is 87.6 Å². The van der Waals surface area contributed by atoms with Gasteiger partial charge in [-0.25, -0.2) is 9.97 Å². The molecule has 0 aromatic carbocycles. The van der Waals surface area contributed by atoms with Crippen LogP contribution in [0.3, 0.4) is 0 Å². The fraction of sp³-hybridized carbons (Fsp3) is 0.714. The molecule has 5 heteroatoms. The van der Waals surface area contributed by atoms with Gasteiger partial charge in [-0.1, -0.05) is 0 Å². The molecule has 1 aromatic heterocycles. The minimum absolute atomic E-state index is 0.0367. The van der Waals surface area contributed by atoms with Crippen LogP contribution in [0.5, 0.6) is 0 Å². The van der Waals surface area contributed by atoms with Crippen molar-refractivity contribution in [2.24, 2.45) is 17.8 Å². The number of aryl methyl sites for hydroxylation is 1. The van der Waals surface area contributed by atoms with Crippen LogP contribution in [-0.4, -0.2) is 52.0 Å². The SMILES string of the molecule is CN(C)C1CCC(Cc2ncnc3c2C2=C=C(CC3)CCC2CC(=O)C2CCC(O)C2)CC1. The Kier molecular flexibility index (Phi) is 6.83. The van der Waals surface area contributed by atoms with Gasteiger partial charge in [0, 0.05) is 29.5 Å². The van der Waals surface area contributed by atoms with Gasteiger partial charge in [-0.3, -0.25) is 4.79 Å². The summed E-state index contributed by atoms with van der Waals surface area (Å²) in [5.41, 5.74) is 9.95. The Hall–Kier alpha value is -1.81. The predicted octanol–water partition coefficient (Wildman–Crippen LogP) is 4.52. The molecule has 1 aromatic rings. The van der Waals surface area contributed by atoms with E-state index < -0.39 is 0 Å². The number of aromatic nitrogens is 2. The summed E-state index contributed by atoms with van der Waals surface area (Å²) in [5, 5.41) is 9.91. The second kappa shape index (κ2) is 9.82. The molecule has 2 fully saturated rings. The van der Waals surface area contributed by atoms with Gasteiger partial charge in [0.25, 0.3) is 0 Å². The van der Waals surface area contributed by atoms with E-state index in [1.165, 1.54) is 48.1 Å². The number of Topliss-reactive ketones (excluding diaryl/α,β-unsaturated/α-hetero) is 1. The summed E-state index contributed by atoms with van der Waals surface area (Å²) in [7, 11) is 4.39. The lowest BCUT2D eigenvalue weighted by Crippen LogP contribution is -2.32. The van der Waals surface area contributed by atoms with Crippen molar-refractivity contribution in [2.75, 3.05) is 14.1 Å². The lowest BCUT2D eigenvalue weighted by Gasteiger charge is -2.33. The van der Waals surface area contributed by atoms with Gasteiger partial charge >= 0.3 is 0 Å². The second-order valence-corrected chi connectivity index (χ2v) is 11.2. The Morgan fingerprint density at radius 1 is 1.06 bits per heavy atom. The number of aliphatic hydroxyl groups excluding tert-OH is 1. The number of hydrogen-bond acceptors (Lipinski definition) is 5. The molecule has 0 aliphatic heterocycles. The van der Waals surface area contributed by atoms with Gasteiger partial charge in [0.15, 0.2) is 0 Å². The van der Waals surface area contributed by atoms with E-state index in [9.17, 15) is 9.90 Å². The van der Waals surface area contributed by atoms with Gasteiger partial charge in [-0.15, -0.1) is 5.73 Å². The van der Waals surface area contributed by atoms with Crippen molar-refractivity contribution in [1.82, 2.24) is 14.9 Å². The third-order valence-corrected chi connectivity index (χ3v) is 8.79. The molecule has 3 atom stereocenters. The summed E-state index contributed by atoms with van der Waals surface area (Å²) < 4.78 is 0. The first-order valence-electron chi connectivity index (χ1n) is 13.2. The lowest BCUT2D eigenvalue weighted by molar-refractivity contribution is -0.123. The monoisotopic (exact) mass is 449 g/mol. The van der Waals surface area contributed by atoms with E-state index >= 15 is 0 Å². The van der Waals surface area contributed by atoms with E-state index in [0.29, 0.717) is 30.6 Å². The fourth-order valence-corrected chi connectivity index (χ4v) is 6.69. The van der Waals surface area contributed by atoms with Crippen molar-refractivity contribution in [3.05, 3.63) is 34.6 Å². The van der Waals surface area contributed by atoms with Crippen LogP contribution >= 0.6 is 0 Å². The van der Waals surface area contributed by atoms with E-state index in [1.54, 1.807) is 6.33 Å². The average molecular weight is 450 g/mol. The van der Waals surface area contributed by atoms with Crippen molar-refractivity contribution >= 4 is 11.4 Å². The molecular formula is C28H39N3O2. The molecule has 2 saturated carbocycles. The zero-order valence-electron chi connectivity index (χ0n) is 20.4. The van der Waals surface area contributed by atoms with Crippen LogP contribution in [0.2, 0.25) is 0 Å². The predicted molar refractivity (Wildman–Crippen MR) is 130 cm³/mol. The summed E-state index contributed by atoms with van der Waals surface area (Å²) in [6.07, 6.45) is 14.4. The summed E-state index contributed by atoms with van der Waals surface area (Å²) in [4.78, 5) is 25.0. The number of carbonyl (C=O) groups is 1. The van der Waals surface area contributed by atoms with Gasteiger partial charge in [-0.2, -0.15) is 0 Å². The van der Waals surface area contributed by atoms with Crippen LogP contribution in [0.25, 0.3) is 5.57 Å². The van der Waals surface area contributed by atoms with Gasteiger partial charge in [0.2, 0.25) is 0 Å². The molecule has 0 amide bonds. The van der Waals surface area contributed by atoms with Crippen molar-refractivity contribution in [1.29, 1.82) is 0 Å². The number of hydrogen-bond donors (Lipinski definition) is 1. The highest BCUT2D eigenvalue weighted by atomic mass is 16.3. The van der Waals surface area contributed by atoms with Crippen LogP contribution in [0, 0.1) is 17.8 Å². The molecular weight excluding hydrogens is 410 g/mol. The van der Waals surface area contributed by atoms with Crippen LogP contribution in [0.15, 0.2) is 17.6 Å². The third kappa shape index (κ3) is 5.01. The quantitative estimate of drug-likeness (QED) is 0.647. The zero-order chi connectivity index (χ0) is 22.9. The molecule has 33 heavy (non-hydrogen) atoms. The first kappa shape index (κ1) is 23.0. The second-order valence-electron chi connectivity index (χ2n) is 11.2. The maximum atomic E-state index is 13.1. The van der Waals surface area contributed by atoms with Gasteiger partial charge in [0.05, 0.1) is 17.5 Å². The highest BCUT2D eigenvalue weighted by Gasteiger charge is 2.34. The van der Waals surface area contributed by atoms with Crippen LogP contribution in [-0.2, 0) is 17.6 Å². The average Bonchev–Trinajstić information content (AvgIpc) is 3.18. The van der Waals surface area contributed by atoms with Crippen molar-refractivity contribution in [2.45, 2.75) is 95.6 Å². The maximum absolute atomic E-state index is 13.1. The van der Waals surface area contributed by atoms with E-state index in [-0.39, 0.29) is 17.9 Å². The number of fused-ring (bicyclic) bond motifs is 2. The molecule has 3 unspecified atom stereocenters. The summed E-state index contributed by atoms with van der Waals surface area (Å²) in [6.45, 7) is 0.